The van der Waals surface area contributed by atoms with Crippen LogP contribution in [0.2, 0.25) is 0 Å². The van der Waals surface area contributed by atoms with Crippen LogP contribution in [-0.2, 0) is 0 Å². The summed E-state index contributed by atoms with van der Waals surface area (Å²) in [5.74, 6) is -1.82. The summed E-state index contributed by atoms with van der Waals surface area (Å²) in [7, 11) is 0. The van der Waals surface area contributed by atoms with Crippen molar-refractivity contribution in [3.63, 3.8) is 0 Å². The topological polar surface area (TPSA) is 18.5 Å². The van der Waals surface area contributed by atoms with Crippen molar-refractivity contribution in [1.29, 1.82) is 0 Å². The highest BCUT2D eigenvalue weighted by Gasteiger charge is 2.44. The summed E-state index contributed by atoms with van der Waals surface area (Å²) in [4.78, 5) is 0. The largest absolute Gasteiger partial charge is 0.586 e. The maximum absolute atomic E-state index is 12.7. The molecule has 1 heterocycles. The summed E-state index contributed by atoms with van der Waals surface area (Å²) < 4.78 is 45.1. The van der Waals surface area contributed by atoms with Crippen molar-refractivity contribution in [2.24, 2.45) is 0 Å². The van der Waals surface area contributed by atoms with Crippen LogP contribution in [0.1, 0.15) is 0 Å². The van der Waals surface area contributed by atoms with Crippen LogP contribution < -0.4 is 9.47 Å². The van der Waals surface area contributed by atoms with Gasteiger partial charge in [0.25, 0.3) is 0 Å². The van der Waals surface area contributed by atoms with Crippen LogP contribution in [0.4, 0.5) is 13.2 Å². The van der Waals surface area contributed by atoms with Gasteiger partial charge >= 0.3 is 6.29 Å². The van der Waals surface area contributed by atoms with Crippen molar-refractivity contribution in [3.05, 3.63) is 24.0 Å². The minimum absolute atomic E-state index is 0.333. The van der Waals surface area contributed by atoms with Crippen molar-refractivity contribution in [2.45, 2.75) is 6.29 Å². The van der Waals surface area contributed by atoms with Crippen LogP contribution in [0, 0.1) is 11.9 Å². The average Bonchev–Trinajstić information content (AvgIpc) is 2.25. The van der Waals surface area contributed by atoms with Crippen LogP contribution >= 0.6 is 0 Å². The summed E-state index contributed by atoms with van der Waals surface area (Å²) in [5.41, 5.74) is 0. The molecule has 0 bridgehead atoms. The van der Waals surface area contributed by atoms with Gasteiger partial charge in [0, 0.05) is 0 Å². The molecule has 0 aliphatic carbocycles. The average molecular weight is 175 g/mol. The van der Waals surface area contributed by atoms with Crippen LogP contribution in [0.25, 0.3) is 0 Å². The van der Waals surface area contributed by atoms with Crippen molar-refractivity contribution < 1.29 is 22.6 Å². The van der Waals surface area contributed by atoms with E-state index >= 15 is 0 Å². The van der Waals surface area contributed by atoms with Crippen LogP contribution in [0.5, 0.6) is 11.5 Å². The van der Waals surface area contributed by atoms with Gasteiger partial charge in [0.2, 0.25) is 5.75 Å². The number of rotatable bonds is 0. The highest BCUT2D eigenvalue weighted by molar-refractivity contribution is 5.42. The summed E-state index contributed by atoms with van der Waals surface area (Å²) in [5, 5.41) is 0. The fourth-order valence-corrected chi connectivity index (χ4v) is 0.882. The number of ether oxygens (including phenoxy) is 2. The Morgan fingerprint density at radius 3 is 2.67 bits per heavy atom. The molecule has 0 saturated carbocycles. The predicted octanol–water partition coefficient (Wildman–Crippen LogP) is 1.95. The minimum Gasteiger partial charge on any atom is -0.395 e. The summed E-state index contributed by atoms with van der Waals surface area (Å²) >= 11 is 0. The Labute approximate surface area is 65.5 Å². The van der Waals surface area contributed by atoms with Crippen molar-refractivity contribution >= 4 is 0 Å². The molecule has 1 aromatic carbocycles. The Morgan fingerprint density at radius 1 is 1.25 bits per heavy atom. The van der Waals surface area contributed by atoms with Crippen molar-refractivity contribution in [1.82, 2.24) is 0 Å². The molecule has 5 heteroatoms. The third-order valence-corrected chi connectivity index (χ3v) is 1.31. The van der Waals surface area contributed by atoms with E-state index in [1.54, 1.807) is 0 Å². The van der Waals surface area contributed by atoms with E-state index in [4.69, 9.17) is 0 Å². The normalized spacial score (nSPS) is 17.9. The first-order valence-electron chi connectivity index (χ1n) is 3.04. The lowest BCUT2D eigenvalue weighted by Gasteiger charge is -2.04. The minimum atomic E-state index is -3.77. The SMILES string of the molecule is Fc1c[c]cc2c1OC(F)(F)O2. The monoisotopic (exact) mass is 175 g/mol. The fourth-order valence-electron chi connectivity index (χ4n) is 0.882. The highest BCUT2D eigenvalue weighted by atomic mass is 19.3. The molecular formula is C7H2F3O2. The Hall–Kier alpha value is -1.39. The van der Waals surface area contributed by atoms with Gasteiger partial charge in [-0.1, -0.05) is 0 Å². The summed E-state index contributed by atoms with van der Waals surface area (Å²) in [6.07, 6.45) is -3.77. The Bertz CT molecular complexity index is 324. The molecule has 1 aromatic rings. The molecule has 2 nitrogen and oxygen atoms in total. The van der Waals surface area contributed by atoms with E-state index in [9.17, 15) is 13.2 Å². The van der Waals surface area contributed by atoms with Gasteiger partial charge in [-0.25, -0.2) is 4.39 Å². The van der Waals surface area contributed by atoms with E-state index in [0.717, 1.165) is 12.1 Å². The van der Waals surface area contributed by atoms with Gasteiger partial charge < -0.3 is 9.47 Å². The number of hydrogen-bond acceptors (Lipinski definition) is 2. The maximum Gasteiger partial charge on any atom is 0.586 e. The second kappa shape index (κ2) is 2.06. The molecule has 0 saturated heterocycles. The lowest BCUT2D eigenvalue weighted by Crippen LogP contribution is -2.26. The quantitative estimate of drug-likeness (QED) is 0.599. The zero-order valence-corrected chi connectivity index (χ0v) is 5.61. The van der Waals surface area contributed by atoms with Gasteiger partial charge in [0.05, 0.1) is 0 Å². The molecule has 0 fully saturated rings. The molecule has 0 aromatic heterocycles. The molecule has 0 atom stereocenters. The zero-order chi connectivity index (χ0) is 8.77. The molecule has 12 heavy (non-hydrogen) atoms. The van der Waals surface area contributed by atoms with Crippen molar-refractivity contribution in [3.8, 4) is 11.5 Å². The predicted molar refractivity (Wildman–Crippen MR) is 31.4 cm³/mol. The molecule has 1 aliphatic heterocycles. The van der Waals surface area contributed by atoms with Gasteiger partial charge in [0.1, 0.15) is 0 Å². The third kappa shape index (κ3) is 0.975. The van der Waals surface area contributed by atoms with E-state index < -0.39 is 17.9 Å². The van der Waals surface area contributed by atoms with E-state index in [1.165, 1.54) is 0 Å². The molecule has 0 spiro atoms. The number of halogens is 3. The standard InChI is InChI=1S/C7H2F3O2/c8-4-2-1-3-5-6(4)12-7(9,10)11-5/h2-3H. The number of alkyl halides is 2. The molecule has 63 valence electrons. The molecule has 0 N–H and O–H groups in total. The smallest absolute Gasteiger partial charge is 0.395 e. The Morgan fingerprint density at radius 2 is 2.00 bits per heavy atom. The van der Waals surface area contributed by atoms with Crippen molar-refractivity contribution in [2.75, 3.05) is 0 Å². The first-order chi connectivity index (χ1) is 5.58. The van der Waals surface area contributed by atoms with Crippen LogP contribution in [0.15, 0.2) is 12.1 Å². The number of fused-ring (bicyclic) bond motifs is 1. The van der Waals surface area contributed by atoms with Gasteiger partial charge in [-0.05, 0) is 18.2 Å². The zero-order valence-electron chi connectivity index (χ0n) is 5.61. The van der Waals surface area contributed by atoms with Gasteiger partial charge in [-0.15, -0.1) is 8.78 Å². The second-order valence-electron chi connectivity index (χ2n) is 2.16. The molecule has 2 rings (SSSR count). The highest BCUT2D eigenvalue weighted by Crippen LogP contribution is 2.41. The molecule has 1 radical (unpaired) electrons. The first kappa shape index (κ1) is 7.27. The summed E-state index contributed by atoms with van der Waals surface area (Å²) in [6, 6.07) is 4.26. The molecular weight excluding hydrogens is 173 g/mol. The number of hydrogen-bond donors (Lipinski definition) is 0. The molecule has 0 amide bonds. The molecule has 1 aliphatic rings. The Balaban J connectivity index is 2.48. The van der Waals surface area contributed by atoms with Gasteiger partial charge in [0.15, 0.2) is 11.6 Å². The number of benzene rings is 1. The second-order valence-corrected chi connectivity index (χ2v) is 2.16. The fraction of sp³-hybridized carbons (Fsp3) is 0.143. The summed E-state index contributed by atoms with van der Waals surface area (Å²) in [6.45, 7) is 0. The van der Waals surface area contributed by atoms with Crippen LogP contribution in [0.3, 0.4) is 0 Å². The first-order valence-corrected chi connectivity index (χ1v) is 3.04. The molecule has 0 unspecified atom stereocenters. The van der Waals surface area contributed by atoms with E-state index in [-0.39, 0.29) is 5.75 Å². The van der Waals surface area contributed by atoms with Gasteiger partial charge in [-0.3, -0.25) is 0 Å². The van der Waals surface area contributed by atoms with E-state index in [0.29, 0.717) is 0 Å². The van der Waals surface area contributed by atoms with E-state index in [1.807, 2.05) is 0 Å². The lowest BCUT2D eigenvalue weighted by atomic mass is 10.3. The van der Waals surface area contributed by atoms with E-state index in [2.05, 4.69) is 15.5 Å². The third-order valence-electron chi connectivity index (χ3n) is 1.31. The van der Waals surface area contributed by atoms with Crippen LogP contribution in [-0.4, -0.2) is 6.29 Å². The Kier molecular flexibility index (Phi) is 1.25. The van der Waals surface area contributed by atoms with Gasteiger partial charge in [-0.2, -0.15) is 0 Å². The lowest BCUT2D eigenvalue weighted by molar-refractivity contribution is -0.287. The maximum atomic E-state index is 12.7.